The Balaban J connectivity index is -0.000000472. The Morgan fingerprint density at radius 1 is 0.193 bits per heavy atom. The number of thiocarbonyl (C=S) groups is 2. The van der Waals surface area contributed by atoms with Crippen molar-refractivity contribution in [2.75, 3.05) is 26.2 Å². The van der Waals surface area contributed by atoms with E-state index in [0.717, 1.165) is 26.2 Å². The molecule has 0 rings (SSSR count). The second kappa shape index (κ2) is 85.7. The minimum atomic E-state index is 0. The summed E-state index contributed by atoms with van der Waals surface area (Å²) in [5.74, 6) is 0. The van der Waals surface area contributed by atoms with Crippen molar-refractivity contribution in [2.24, 2.45) is 0 Å². The molecule has 0 saturated carbocycles. The van der Waals surface area contributed by atoms with Crippen molar-refractivity contribution >= 4 is 85.3 Å². The molecule has 0 aliphatic carbocycles. The summed E-state index contributed by atoms with van der Waals surface area (Å²) in [6.07, 6.45) is 91.0. The summed E-state index contributed by atoms with van der Waals surface area (Å²) in [6.45, 7) is 13.5. The molecule has 2 nitrogen and oxygen atoms in total. The topological polar surface area (TPSA) is 6.48 Å². The van der Waals surface area contributed by atoms with Crippen LogP contribution < -0.4 is 0 Å². The van der Waals surface area contributed by atoms with Crippen LogP contribution in [0.15, 0.2) is 0 Å². The normalized spacial score (nSPS) is 10.9. The maximum Gasteiger partial charge on any atom is 6.00 e. The monoisotopic (exact) mass is 1350 g/mol. The molecule has 0 atom stereocenters. The zero-order valence-corrected chi connectivity index (χ0v) is 63.7. The molecule has 0 N–H and O–H groups in total. The van der Waals surface area contributed by atoms with Gasteiger partial charge in [0.1, 0.15) is 0 Å². The Morgan fingerprint density at radius 2 is 0.277 bits per heavy atom. The van der Waals surface area contributed by atoms with Crippen molar-refractivity contribution in [1.29, 1.82) is 0 Å². The molecule has 0 bridgehead atoms. The third kappa shape index (κ3) is 83.6. The molecule has 0 aromatic carbocycles. The zero-order chi connectivity index (χ0) is 58.4. The summed E-state index contributed by atoms with van der Waals surface area (Å²) >= 11 is 21.5. The first-order valence-electron chi connectivity index (χ1n) is 37.4. The molecule has 0 saturated heterocycles. The number of nitrogens with zero attached hydrogens (tertiary/aromatic N) is 2. The van der Waals surface area contributed by atoms with Gasteiger partial charge < -0.3 is 86.5 Å². The van der Waals surface area contributed by atoms with Crippen LogP contribution in [0.5, 0.6) is 0 Å². The molecule has 0 heterocycles. The molecular formula is C74H148MoN2S6. The van der Waals surface area contributed by atoms with Crippen molar-refractivity contribution in [3.05, 3.63) is 0 Å². The van der Waals surface area contributed by atoms with Gasteiger partial charge in [-0.2, -0.15) is 0 Å². The standard InChI is InChI=1S/2C37H75NS2.Mo.2S/c2*1-3-5-7-9-11-13-15-17-19-21-23-25-27-29-31-33-35-38(37(39)40)36-34-32-30-28-26-24-22-20-18-16-14-12-10-8-6-4-2;;;/h2*3-36H2,1-2H3,(H,39,40);;;/q;;+6;2*-2/p-2. The van der Waals surface area contributed by atoms with E-state index in [1.807, 2.05) is 0 Å². The molecular weight excluding hydrogens is 1210 g/mol. The van der Waals surface area contributed by atoms with Gasteiger partial charge in [-0.25, -0.2) is 0 Å². The maximum atomic E-state index is 5.38. The molecule has 0 aromatic heterocycles. The Kier molecular flexibility index (Phi) is 96.3. The predicted molar refractivity (Wildman–Crippen MR) is 396 cm³/mol. The molecule has 496 valence electrons. The Morgan fingerprint density at radius 3 is 0.361 bits per heavy atom. The minimum absolute atomic E-state index is 0. The van der Waals surface area contributed by atoms with E-state index in [4.69, 9.17) is 49.7 Å². The van der Waals surface area contributed by atoms with Gasteiger partial charge in [-0.05, 0) is 25.7 Å². The first-order chi connectivity index (χ1) is 39.4. The van der Waals surface area contributed by atoms with Crippen molar-refractivity contribution in [3.63, 3.8) is 0 Å². The predicted octanol–water partition coefficient (Wildman–Crippen LogP) is 27.3. The van der Waals surface area contributed by atoms with Crippen LogP contribution in [0, 0.1) is 0 Å². The van der Waals surface area contributed by atoms with Crippen LogP contribution in [0.3, 0.4) is 0 Å². The molecule has 0 spiro atoms. The van der Waals surface area contributed by atoms with Gasteiger partial charge in [0.05, 0.1) is 0 Å². The number of rotatable bonds is 68. The van der Waals surface area contributed by atoms with Gasteiger partial charge in [-0.3, -0.25) is 0 Å². The van der Waals surface area contributed by atoms with E-state index >= 15 is 0 Å². The third-order valence-electron chi connectivity index (χ3n) is 17.6. The number of unbranched alkanes of at least 4 members (excludes halogenated alkanes) is 60. The van der Waals surface area contributed by atoms with E-state index in [1.165, 1.54) is 411 Å². The average molecular weight is 1350 g/mol. The average Bonchev–Trinajstić information content (AvgIpc) is 3.45. The second-order valence-corrected chi connectivity index (χ2v) is 27.8. The Bertz CT molecular complexity index is 991. The summed E-state index contributed by atoms with van der Waals surface area (Å²) in [7, 11) is 0. The molecule has 0 aromatic rings. The quantitative estimate of drug-likeness (QED) is 0.0257. The first-order valence-corrected chi connectivity index (χ1v) is 39.0. The van der Waals surface area contributed by atoms with Gasteiger partial charge in [0.2, 0.25) is 0 Å². The summed E-state index contributed by atoms with van der Waals surface area (Å²) in [4.78, 5) is 4.61. The van der Waals surface area contributed by atoms with Gasteiger partial charge in [0, 0.05) is 26.2 Å². The minimum Gasteiger partial charge on any atom is -2.00 e. The van der Waals surface area contributed by atoms with Crippen LogP contribution in [0.2, 0.25) is 0 Å². The summed E-state index contributed by atoms with van der Waals surface area (Å²) in [5, 5.41) is 0. The molecule has 0 aliphatic rings. The first kappa shape index (κ1) is 93.3. The molecule has 83 heavy (non-hydrogen) atoms. The van der Waals surface area contributed by atoms with Crippen LogP contribution in [-0.2, 0) is 73.3 Å². The molecule has 9 heteroatoms. The van der Waals surface area contributed by atoms with Gasteiger partial charge in [0.15, 0.2) is 0 Å². The molecule has 0 aliphatic heterocycles. The summed E-state index contributed by atoms with van der Waals surface area (Å²) in [5.41, 5.74) is 0. The van der Waals surface area contributed by atoms with E-state index in [-0.39, 0.29) is 48.1 Å². The fourth-order valence-corrected chi connectivity index (χ4v) is 12.7. The van der Waals surface area contributed by atoms with Crippen LogP contribution in [0.1, 0.15) is 439 Å². The van der Waals surface area contributed by atoms with E-state index in [9.17, 15) is 0 Å². The third-order valence-corrected chi connectivity index (χ3v) is 18.7. The van der Waals surface area contributed by atoms with E-state index in [0.29, 0.717) is 8.64 Å². The van der Waals surface area contributed by atoms with Gasteiger partial charge in [-0.1, -0.05) is 422 Å². The summed E-state index contributed by atoms with van der Waals surface area (Å²) in [6, 6.07) is 0. The van der Waals surface area contributed by atoms with E-state index < -0.39 is 0 Å². The molecule has 0 amide bonds. The Labute approximate surface area is 576 Å². The summed E-state index contributed by atoms with van der Waals surface area (Å²) < 4.78 is 1.39. The fraction of sp³-hybridized carbons (Fsp3) is 0.973. The van der Waals surface area contributed by atoms with Crippen molar-refractivity contribution < 1.29 is 21.1 Å². The van der Waals surface area contributed by atoms with E-state index in [1.54, 1.807) is 0 Å². The zero-order valence-electron chi connectivity index (χ0n) is 56.8. The maximum absolute atomic E-state index is 5.38. The van der Waals surface area contributed by atoms with Crippen molar-refractivity contribution in [3.8, 4) is 0 Å². The van der Waals surface area contributed by atoms with Gasteiger partial charge >= 0.3 is 21.1 Å². The molecule has 0 unspecified atom stereocenters. The number of hydrogen-bond donors (Lipinski definition) is 0. The fourth-order valence-electron chi connectivity index (χ4n) is 12.0. The van der Waals surface area contributed by atoms with Gasteiger partial charge in [-0.15, -0.1) is 0 Å². The van der Waals surface area contributed by atoms with Crippen molar-refractivity contribution in [1.82, 2.24) is 9.80 Å². The van der Waals surface area contributed by atoms with Crippen molar-refractivity contribution in [2.45, 2.75) is 439 Å². The van der Waals surface area contributed by atoms with Crippen LogP contribution >= 0.6 is 24.4 Å². The Hall–Kier alpha value is 1.61. The molecule has 0 radical (unpaired) electrons. The second-order valence-electron chi connectivity index (χ2n) is 25.7. The van der Waals surface area contributed by atoms with Gasteiger partial charge in [0.25, 0.3) is 0 Å². The SMILES string of the molecule is CCCCCCCCCCCCCCCCCCN(CCCCCCCCCCCCCCCCCC)C(=S)[S-].CCCCCCCCCCCCCCCCCCN(CCCCCCCCCCCCCCCCCC)C(=S)[S-].[Mo+6].[S-2].[S-2]. The van der Waals surface area contributed by atoms with Crippen LogP contribution in [-0.4, -0.2) is 44.6 Å². The van der Waals surface area contributed by atoms with E-state index in [2.05, 4.69) is 37.5 Å². The van der Waals surface area contributed by atoms with Crippen LogP contribution in [0.4, 0.5) is 0 Å². The number of hydrogen-bond acceptors (Lipinski definition) is 4. The molecule has 0 fully saturated rings. The smallest absolute Gasteiger partial charge is 2.00 e. The largest absolute Gasteiger partial charge is 6.00 e. The van der Waals surface area contributed by atoms with Crippen LogP contribution in [0.25, 0.3) is 0 Å².